The lowest BCUT2D eigenvalue weighted by atomic mass is 9.83. The molecule has 0 radical (unpaired) electrons. The van der Waals surface area contributed by atoms with Crippen molar-refractivity contribution in [2.45, 2.75) is 46.6 Å². The molecule has 2 atom stereocenters. The Balaban J connectivity index is 3.84. The van der Waals surface area contributed by atoms with E-state index in [2.05, 4.69) is 33.0 Å². The predicted molar refractivity (Wildman–Crippen MR) is 62.6 cm³/mol. The number of rotatable bonds is 6. The van der Waals surface area contributed by atoms with Gasteiger partial charge in [0.1, 0.15) is 0 Å². The fourth-order valence-electron chi connectivity index (χ4n) is 2.08. The van der Waals surface area contributed by atoms with E-state index in [0.717, 1.165) is 12.5 Å². The number of hydrogen-bond acceptors (Lipinski definition) is 2. The van der Waals surface area contributed by atoms with Crippen molar-refractivity contribution in [2.75, 3.05) is 20.8 Å². The molecule has 2 heteroatoms. The summed E-state index contributed by atoms with van der Waals surface area (Å²) in [4.78, 5) is 0. The number of hydrogen-bond donors (Lipinski definition) is 1. The molecule has 0 aromatic carbocycles. The first kappa shape index (κ1) is 13.9. The zero-order valence-corrected chi connectivity index (χ0v) is 10.7. The summed E-state index contributed by atoms with van der Waals surface area (Å²) in [5, 5.41) is 3.29. The smallest absolute Gasteiger partial charge is 0.0615 e. The third kappa shape index (κ3) is 7.34. The van der Waals surface area contributed by atoms with Gasteiger partial charge in [-0.3, -0.25) is 0 Å². The van der Waals surface area contributed by atoms with Crippen LogP contribution in [-0.2, 0) is 4.74 Å². The lowest BCUT2D eigenvalue weighted by Gasteiger charge is -2.26. The lowest BCUT2D eigenvalue weighted by molar-refractivity contribution is 0.152. The molecule has 14 heavy (non-hydrogen) atoms. The quantitative estimate of drug-likeness (QED) is 0.713. The van der Waals surface area contributed by atoms with Crippen molar-refractivity contribution in [2.24, 2.45) is 11.3 Å². The van der Waals surface area contributed by atoms with E-state index in [1.807, 2.05) is 7.05 Å². The van der Waals surface area contributed by atoms with Crippen LogP contribution in [0.5, 0.6) is 0 Å². The molecule has 0 aromatic heterocycles. The van der Waals surface area contributed by atoms with Gasteiger partial charge in [-0.15, -0.1) is 0 Å². The van der Waals surface area contributed by atoms with Crippen LogP contribution >= 0.6 is 0 Å². The van der Waals surface area contributed by atoms with Gasteiger partial charge in [-0.2, -0.15) is 0 Å². The molecule has 0 aliphatic carbocycles. The van der Waals surface area contributed by atoms with Crippen molar-refractivity contribution in [3.8, 4) is 0 Å². The Kier molecular flexibility index (Phi) is 6.38. The Hall–Kier alpha value is -0.0800. The third-order valence-electron chi connectivity index (χ3n) is 2.42. The van der Waals surface area contributed by atoms with Crippen molar-refractivity contribution < 1.29 is 4.74 Å². The van der Waals surface area contributed by atoms with Crippen LogP contribution in [0, 0.1) is 11.3 Å². The minimum Gasteiger partial charge on any atom is -0.383 e. The van der Waals surface area contributed by atoms with Crippen LogP contribution in [0.2, 0.25) is 0 Å². The first-order valence-electron chi connectivity index (χ1n) is 5.55. The van der Waals surface area contributed by atoms with Gasteiger partial charge in [-0.25, -0.2) is 0 Å². The Morgan fingerprint density at radius 1 is 1.29 bits per heavy atom. The zero-order valence-electron chi connectivity index (χ0n) is 10.7. The molecule has 2 nitrogen and oxygen atoms in total. The van der Waals surface area contributed by atoms with E-state index in [-0.39, 0.29) is 0 Å². The minimum absolute atomic E-state index is 0.435. The molecule has 0 heterocycles. The minimum atomic E-state index is 0.435. The largest absolute Gasteiger partial charge is 0.383 e. The topological polar surface area (TPSA) is 21.3 Å². The second-order valence-electron chi connectivity index (χ2n) is 5.55. The van der Waals surface area contributed by atoms with Gasteiger partial charge in [0.15, 0.2) is 0 Å². The molecule has 0 saturated carbocycles. The van der Waals surface area contributed by atoms with Crippen LogP contribution in [0.3, 0.4) is 0 Å². The second kappa shape index (κ2) is 6.41. The maximum atomic E-state index is 5.16. The van der Waals surface area contributed by atoms with Crippen molar-refractivity contribution in [1.82, 2.24) is 5.32 Å². The molecular formula is C12H27NO. The van der Waals surface area contributed by atoms with Gasteiger partial charge in [-0.1, -0.05) is 27.7 Å². The molecule has 0 saturated heterocycles. The highest BCUT2D eigenvalue weighted by molar-refractivity contribution is 4.72. The number of nitrogens with one attached hydrogen (secondary N) is 1. The highest BCUT2D eigenvalue weighted by atomic mass is 16.5. The van der Waals surface area contributed by atoms with E-state index in [4.69, 9.17) is 4.74 Å². The van der Waals surface area contributed by atoms with E-state index in [1.54, 1.807) is 7.11 Å². The summed E-state index contributed by atoms with van der Waals surface area (Å²) in [6, 6.07) is 0.498. The van der Waals surface area contributed by atoms with E-state index in [9.17, 15) is 0 Å². The van der Waals surface area contributed by atoms with Gasteiger partial charge in [0, 0.05) is 13.2 Å². The molecular weight excluding hydrogens is 174 g/mol. The molecule has 0 bridgehead atoms. The standard InChI is InChI=1S/C12H27NO/c1-10(8-12(2,3)4)7-11(13-5)9-14-6/h10-11,13H,7-9H2,1-6H3. The lowest BCUT2D eigenvalue weighted by Crippen LogP contribution is -2.32. The van der Waals surface area contributed by atoms with Crippen LogP contribution in [0.25, 0.3) is 0 Å². The molecule has 0 aliphatic rings. The summed E-state index contributed by atoms with van der Waals surface area (Å²) in [6.07, 6.45) is 2.47. The van der Waals surface area contributed by atoms with Gasteiger partial charge < -0.3 is 10.1 Å². The average molecular weight is 201 g/mol. The van der Waals surface area contributed by atoms with E-state index in [0.29, 0.717) is 11.5 Å². The summed E-state index contributed by atoms with van der Waals surface area (Å²) in [5.74, 6) is 0.752. The maximum absolute atomic E-state index is 5.16. The maximum Gasteiger partial charge on any atom is 0.0615 e. The second-order valence-corrected chi connectivity index (χ2v) is 5.55. The van der Waals surface area contributed by atoms with E-state index in [1.165, 1.54) is 12.8 Å². The molecule has 0 rings (SSSR count). The number of ether oxygens (including phenoxy) is 1. The third-order valence-corrected chi connectivity index (χ3v) is 2.42. The molecule has 0 aliphatic heterocycles. The fourth-order valence-corrected chi connectivity index (χ4v) is 2.08. The van der Waals surface area contributed by atoms with Gasteiger partial charge >= 0.3 is 0 Å². The van der Waals surface area contributed by atoms with E-state index < -0.39 is 0 Å². The monoisotopic (exact) mass is 201 g/mol. The summed E-state index contributed by atoms with van der Waals surface area (Å²) in [6.45, 7) is 10.0. The Morgan fingerprint density at radius 2 is 1.86 bits per heavy atom. The molecule has 0 aromatic rings. The summed E-state index contributed by atoms with van der Waals surface area (Å²) < 4.78 is 5.16. The number of methoxy groups -OCH3 is 1. The Labute approximate surface area is 89.4 Å². The number of likely N-dealkylation sites (N-methyl/N-ethyl adjacent to an activating group) is 1. The van der Waals surface area contributed by atoms with Crippen LogP contribution in [-0.4, -0.2) is 26.8 Å². The predicted octanol–water partition coefficient (Wildman–Crippen LogP) is 2.68. The van der Waals surface area contributed by atoms with Crippen LogP contribution in [0.4, 0.5) is 0 Å². The Morgan fingerprint density at radius 3 is 2.21 bits per heavy atom. The average Bonchev–Trinajstić information content (AvgIpc) is 2.00. The molecule has 0 fully saturated rings. The van der Waals surface area contributed by atoms with Gasteiger partial charge in [-0.05, 0) is 31.2 Å². The summed E-state index contributed by atoms with van der Waals surface area (Å²) in [5.41, 5.74) is 0.435. The molecule has 0 spiro atoms. The van der Waals surface area contributed by atoms with Crippen molar-refractivity contribution in [3.05, 3.63) is 0 Å². The van der Waals surface area contributed by atoms with Crippen LogP contribution in [0.1, 0.15) is 40.5 Å². The highest BCUT2D eigenvalue weighted by Gasteiger charge is 2.18. The molecule has 0 amide bonds. The van der Waals surface area contributed by atoms with Crippen LogP contribution < -0.4 is 5.32 Å². The first-order valence-corrected chi connectivity index (χ1v) is 5.55. The van der Waals surface area contributed by atoms with Crippen LogP contribution in [0.15, 0.2) is 0 Å². The van der Waals surface area contributed by atoms with Crippen molar-refractivity contribution in [1.29, 1.82) is 0 Å². The normalized spacial score (nSPS) is 16.7. The van der Waals surface area contributed by atoms with Gasteiger partial charge in [0.25, 0.3) is 0 Å². The fraction of sp³-hybridized carbons (Fsp3) is 1.00. The SMILES string of the molecule is CNC(COC)CC(C)CC(C)(C)C. The van der Waals surface area contributed by atoms with Gasteiger partial charge in [0.2, 0.25) is 0 Å². The summed E-state index contributed by atoms with van der Waals surface area (Å²) >= 11 is 0. The highest BCUT2D eigenvalue weighted by Crippen LogP contribution is 2.26. The van der Waals surface area contributed by atoms with E-state index >= 15 is 0 Å². The molecule has 86 valence electrons. The van der Waals surface area contributed by atoms with Gasteiger partial charge in [0.05, 0.1) is 6.61 Å². The first-order chi connectivity index (χ1) is 6.39. The van der Waals surface area contributed by atoms with Crippen molar-refractivity contribution >= 4 is 0 Å². The zero-order chi connectivity index (χ0) is 11.2. The van der Waals surface area contributed by atoms with Crippen molar-refractivity contribution in [3.63, 3.8) is 0 Å². The molecule has 2 unspecified atom stereocenters. The molecule has 1 N–H and O–H groups in total. The summed E-state index contributed by atoms with van der Waals surface area (Å²) in [7, 11) is 3.77. The Bertz CT molecular complexity index is 140.